The summed E-state index contributed by atoms with van der Waals surface area (Å²) >= 11 is 0. The molecule has 0 saturated carbocycles. The van der Waals surface area contributed by atoms with Gasteiger partial charge >= 0.3 is 0 Å². The molecule has 1 unspecified atom stereocenters. The number of likely N-dealkylation sites (tertiary alicyclic amines) is 3. The topological polar surface area (TPSA) is 21.8 Å². The second kappa shape index (κ2) is 4.42. The minimum atomic E-state index is 0.633. The zero-order valence-electron chi connectivity index (χ0n) is 12.3. The highest BCUT2D eigenvalue weighted by molar-refractivity contribution is 5.01. The number of hydrogen-bond acceptors (Lipinski definition) is 4. The Hall–Kier alpha value is -0.160. The van der Waals surface area contributed by atoms with Crippen LogP contribution in [0.25, 0.3) is 0 Å². The fourth-order valence-corrected chi connectivity index (χ4v) is 5.08. The summed E-state index contributed by atoms with van der Waals surface area (Å²) in [6, 6.07) is 0. The third-order valence-corrected chi connectivity index (χ3v) is 5.98. The molecule has 0 radical (unpaired) electrons. The van der Waals surface area contributed by atoms with Gasteiger partial charge in [0.1, 0.15) is 0 Å². The van der Waals surface area contributed by atoms with Crippen molar-refractivity contribution in [2.75, 3.05) is 66.1 Å². The Kier molecular flexibility index (Phi) is 2.92. The van der Waals surface area contributed by atoms with E-state index in [0.29, 0.717) is 10.8 Å². The van der Waals surface area contributed by atoms with Crippen LogP contribution in [-0.4, -0.2) is 80.8 Å². The molecule has 4 aliphatic rings. The number of nitrogens with one attached hydrogen (secondary N) is 1. The Labute approximate surface area is 117 Å². The molecule has 4 fully saturated rings. The molecule has 108 valence electrons. The third-order valence-electron chi connectivity index (χ3n) is 5.98. The van der Waals surface area contributed by atoms with Crippen molar-refractivity contribution in [3.8, 4) is 0 Å². The van der Waals surface area contributed by atoms with E-state index < -0.39 is 0 Å². The van der Waals surface area contributed by atoms with Crippen molar-refractivity contribution in [3.05, 3.63) is 0 Å². The summed E-state index contributed by atoms with van der Waals surface area (Å²) in [6.45, 7) is 11.7. The lowest BCUT2D eigenvalue weighted by Gasteiger charge is -2.46. The van der Waals surface area contributed by atoms with Crippen LogP contribution in [0, 0.1) is 10.8 Å². The molecular weight excluding hydrogens is 236 g/mol. The van der Waals surface area contributed by atoms with Gasteiger partial charge in [0.05, 0.1) is 6.67 Å². The quantitative estimate of drug-likeness (QED) is 0.773. The van der Waals surface area contributed by atoms with Gasteiger partial charge in [-0.1, -0.05) is 0 Å². The Morgan fingerprint density at radius 2 is 1.58 bits per heavy atom. The second-order valence-corrected chi connectivity index (χ2v) is 7.85. The van der Waals surface area contributed by atoms with Crippen LogP contribution < -0.4 is 5.32 Å². The van der Waals surface area contributed by atoms with E-state index in [2.05, 4.69) is 27.1 Å². The van der Waals surface area contributed by atoms with Gasteiger partial charge in [0.25, 0.3) is 0 Å². The SMILES string of the molecule is CN1CC2(CCN(CN3CCC4(CCNC4)C3)C2)C1. The predicted octanol–water partition coefficient (Wildman–Crippen LogP) is 0.267. The zero-order valence-corrected chi connectivity index (χ0v) is 12.3. The molecular formula is C15H28N4. The van der Waals surface area contributed by atoms with E-state index >= 15 is 0 Å². The molecule has 4 saturated heterocycles. The number of rotatable bonds is 2. The molecule has 0 bridgehead atoms. The molecule has 4 heteroatoms. The maximum absolute atomic E-state index is 3.56. The highest BCUT2D eigenvalue weighted by Gasteiger charge is 2.47. The molecule has 1 atom stereocenters. The predicted molar refractivity (Wildman–Crippen MR) is 77.1 cm³/mol. The van der Waals surface area contributed by atoms with Crippen LogP contribution in [0.2, 0.25) is 0 Å². The number of hydrogen-bond donors (Lipinski definition) is 1. The fraction of sp³-hybridized carbons (Fsp3) is 1.00. The molecule has 0 aromatic rings. The van der Waals surface area contributed by atoms with Gasteiger partial charge < -0.3 is 10.2 Å². The Morgan fingerprint density at radius 3 is 2.21 bits per heavy atom. The molecule has 4 rings (SSSR count). The molecule has 0 aromatic heterocycles. The zero-order chi connectivity index (χ0) is 12.9. The average Bonchev–Trinajstić information content (AvgIpc) is 3.03. The smallest absolute Gasteiger partial charge is 0.0506 e. The Bertz CT molecular complexity index is 344. The molecule has 2 spiro atoms. The highest BCUT2D eigenvalue weighted by atomic mass is 15.4. The van der Waals surface area contributed by atoms with Gasteiger partial charge in [-0.2, -0.15) is 0 Å². The van der Waals surface area contributed by atoms with Crippen molar-refractivity contribution in [2.24, 2.45) is 10.8 Å². The summed E-state index contributed by atoms with van der Waals surface area (Å²) in [6.07, 6.45) is 4.25. The molecule has 19 heavy (non-hydrogen) atoms. The molecule has 4 nitrogen and oxygen atoms in total. The van der Waals surface area contributed by atoms with Gasteiger partial charge in [-0.05, 0) is 38.3 Å². The van der Waals surface area contributed by atoms with E-state index in [1.165, 1.54) is 78.3 Å². The van der Waals surface area contributed by atoms with Crippen LogP contribution >= 0.6 is 0 Å². The molecule has 0 aromatic carbocycles. The van der Waals surface area contributed by atoms with E-state index in [-0.39, 0.29) is 0 Å². The maximum Gasteiger partial charge on any atom is 0.0506 e. The first kappa shape index (κ1) is 12.6. The van der Waals surface area contributed by atoms with Crippen molar-refractivity contribution in [3.63, 3.8) is 0 Å². The average molecular weight is 264 g/mol. The summed E-state index contributed by atoms with van der Waals surface area (Å²) < 4.78 is 0. The fourth-order valence-electron chi connectivity index (χ4n) is 5.08. The summed E-state index contributed by atoms with van der Waals surface area (Å²) in [5, 5.41) is 3.56. The van der Waals surface area contributed by atoms with Gasteiger partial charge in [0.2, 0.25) is 0 Å². The van der Waals surface area contributed by atoms with Crippen molar-refractivity contribution >= 4 is 0 Å². The van der Waals surface area contributed by atoms with Crippen LogP contribution in [0.3, 0.4) is 0 Å². The maximum atomic E-state index is 3.56. The molecule has 4 aliphatic heterocycles. The van der Waals surface area contributed by atoms with Crippen molar-refractivity contribution in [2.45, 2.75) is 19.3 Å². The lowest BCUT2D eigenvalue weighted by Crippen LogP contribution is -2.55. The molecule has 1 N–H and O–H groups in total. The monoisotopic (exact) mass is 264 g/mol. The van der Waals surface area contributed by atoms with Gasteiger partial charge in [-0.15, -0.1) is 0 Å². The van der Waals surface area contributed by atoms with Gasteiger partial charge in [0.15, 0.2) is 0 Å². The lowest BCUT2D eigenvalue weighted by atomic mass is 9.79. The Balaban J connectivity index is 1.29. The Morgan fingerprint density at radius 1 is 0.895 bits per heavy atom. The van der Waals surface area contributed by atoms with E-state index in [1.54, 1.807) is 0 Å². The summed E-state index contributed by atoms with van der Waals surface area (Å²) in [5.74, 6) is 0. The van der Waals surface area contributed by atoms with E-state index in [4.69, 9.17) is 0 Å². The summed E-state index contributed by atoms with van der Waals surface area (Å²) in [5.41, 5.74) is 1.30. The van der Waals surface area contributed by atoms with Crippen molar-refractivity contribution in [1.82, 2.24) is 20.0 Å². The summed E-state index contributed by atoms with van der Waals surface area (Å²) in [4.78, 5) is 7.90. The van der Waals surface area contributed by atoms with Gasteiger partial charge in [-0.25, -0.2) is 0 Å². The second-order valence-electron chi connectivity index (χ2n) is 7.85. The minimum Gasteiger partial charge on any atom is -0.316 e. The van der Waals surface area contributed by atoms with E-state index in [1.807, 2.05) is 0 Å². The standard InChI is InChI=1S/C15H28N4/c1-17-9-15(10-17)4-7-19(12-15)13-18-6-3-14(11-18)2-5-16-8-14/h16H,2-13H2,1H3. The molecule has 0 aliphatic carbocycles. The lowest BCUT2D eigenvalue weighted by molar-refractivity contribution is 0.0251. The van der Waals surface area contributed by atoms with Crippen LogP contribution in [0.5, 0.6) is 0 Å². The van der Waals surface area contributed by atoms with Gasteiger partial charge in [0, 0.05) is 51.2 Å². The first-order valence-electron chi connectivity index (χ1n) is 8.01. The summed E-state index contributed by atoms with van der Waals surface area (Å²) in [7, 11) is 2.26. The van der Waals surface area contributed by atoms with Crippen LogP contribution in [0.4, 0.5) is 0 Å². The normalized spacial score (nSPS) is 39.6. The first-order valence-corrected chi connectivity index (χ1v) is 8.01. The number of nitrogens with zero attached hydrogens (tertiary/aromatic N) is 3. The van der Waals surface area contributed by atoms with E-state index in [9.17, 15) is 0 Å². The van der Waals surface area contributed by atoms with E-state index in [0.717, 1.165) is 0 Å². The molecule has 0 amide bonds. The minimum absolute atomic E-state index is 0.633. The van der Waals surface area contributed by atoms with Crippen LogP contribution in [-0.2, 0) is 0 Å². The van der Waals surface area contributed by atoms with Crippen molar-refractivity contribution < 1.29 is 0 Å². The van der Waals surface area contributed by atoms with Crippen molar-refractivity contribution in [1.29, 1.82) is 0 Å². The van der Waals surface area contributed by atoms with Gasteiger partial charge in [-0.3, -0.25) is 9.80 Å². The third kappa shape index (κ3) is 2.23. The van der Waals surface area contributed by atoms with Crippen LogP contribution in [0.1, 0.15) is 19.3 Å². The first-order chi connectivity index (χ1) is 9.17. The largest absolute Gasteiger partial charge is 0.316 e. The van der Waals surface area contributed by atoms with Crippen LogP contribution in [0.15, 0.2) is 0 Å². The molecule has 4 heterocycles. The highest BCUT2D eigenvalue weighted by Crippen LogP contribution is 2.40.